The Balaban J connectivity index is 1.51. The highest BCUT2D eigenvalue weighted by atomic mass is 35.5. The molecule has 0 saturated heterocycles. The van der Waals surface area contributed by atoms with Crippen LogP contribution in [-0.4, -0.2) is 11.8 Å². The first-order valence-electron chi connectivity index (χ1n) is 10.9. The normalized spacial score (nSPS) is 11.0. The van der Waals surface area contributed by atoms with Gasteiger partial charge in [-0.25, -0.2) is 0 Å². The van der Waals surface area contributed by atoms with Gasteiger partial charge in [0.1, 0.15) is 16.9 Å². The van der Waals surface area contributed by atoms with Gasteiger partial charge in [0, 0.05) is 22.2 Å². The maximum Gasteiger partial charge on any atom is 0.293 e. The standard InChI is InChI=1S/C27H19ClN2O5/c1-2-15-10-11-22-19(12-15)20(31)14-23(34-22)26(32)30-24-18-8-3-4-9-21(18)35-25(24)27(33)29-17-7-5-6-16(28)13-17/h3-14H,2H2,1H3,(H,29,33)(H,30,32). The summed E-state index contributed by atoms with van der Waals surface area (Å²) in [4.78, 5) is 38.8. The van der Waals surface area contributed by atoms with Gasteiger partial charge >= 0.3 is 0 Å². The minimum atomic E-state index is -0.688. The Bertz CT molecular complexity index is 1670. The van der Waals surface area contributed by atoms with Gasteiger partial charge in [-0.1, -0.05) is 42.8 Å². The summed E-state index contributed by atoms with van der Waals surface area (Å²) in [6.07, 6.45) is 0.769. The van der Waals surface area contributed by atoms with E-state index in [-0.39, 0.29) is 22.6 Å². The molecule has 2 heterocycles. The lowest BCUT2D eigenvalue weighted by molar-refractivity contribution is 0.0996. The van der Waals surface area contributed by atoms with Crippen molar-refractivity contribution in [2.45, 2.75) is 13.3 Å². The zero-order chi connectivity index (χ0) is 24.5. The van der Waals surface area contributed by atoms with Crippen LogP contribution in [0.25, 0.3) is 21.9 Å². The van der Waals surface area contributed by atoms with Gasteiger partial charge in [-0.15, -0.1) is 0 Å². The van der Waals surface area contributed by atoms with Gasteiger partial charge in [-0.3, -0.25) is 14.4 Å². The monoisotopic (exact) mass is 486 g/mol. The molecule has 0 aliphatic carbocycles. The van der Waals surface area contributed by atoms with E-state index in [1.807, 2.05) is 13.0 Å². The van der Waals surface area contributed by atoms with Crippen molar-refractivity contribution in [3.8, 4) is 0 Å². The number of hydrogen-bond acceptors (Lipinski definition) is 5. The number of carbonyl (C=O) groups is 2. The molecule has 0 unspecified atom stereocenters. The van der Waals surface area contributed by atoms with E-state index in [1.54, 1.807) is 60.7 Å². The van der Waals surface area contributed by atoms with Crippen molar-refractivity contribution < 1.29 is 18.4 Å². The lowest BCUT2D eigenvalue weighted by Crippen LogP contribution is -2.18. The van der Waals surface area contributed by atoms with Gasteiger partial charge < -0.3 is 19.5 Å². The highest BCUT2D eigenvalue weighted by Crippen LogP contribution is 2.32. The number of amides is 2. The number of hydrogen-bond donors (Lipinski definition) is 2. The molecule has 0 saturated carbocycles. The van der Waals surface area contributed by atoms with E-state index in [2.05, 4.69) is 10.6 Å². The molecular formula is C27H19ClN2O5. The van der Waals surface area contributed by atoms with Crippen molar-refractivity contribution in [1.82, 2.24) is 0 Å². The summed E-state index contributed by atoms with van der Waals surface area (Å²) in [7, 11) is 0. The Kier molecular flexibility index (Phi) is 5.84. The Morgan fingerprint density at radius 3 is 2.43 bits per heavy atom. The van der Waals surface area contributed by atoms with E-state index in [9.17, 15) is 14.4 Å². The molecule has 5 rings (SSSR count). The molecule has 5 aromatic rings. The molecule has 2 aromatic heterocycles. The van der Waals surface area contributed by atoms with E-state index < -0.39 is 11.8 Å². The van der Waals surface area contributed by atoms with Crippen LogP contribution in [0.5, 0.6) is 0 Å². The Morgan fingerprint density at radius 1 is 0.829 bits per heavy atom. The molecule has 0 bridgehead atoms. The van der Waals surface area contributed by atoms with Crippen LogP contribution < -0.4 is 16.1 Å². The van der Waals surface area contributed by atoms with Gasteiger partial charge in [0.05, 0.1) is 5.39 Å². The number of benzene rings is 3. The predicted molar refractivity (Wildman–Crippen MR) is 135 cm³/mol. The second kappa shape index (κ2) is 9.12. The highest BCUT2D eigenvalue weighted by Gasteiger charge is 2.24. The van der Waals surface area contributed by atoms with Crippen LogP contribution in [0.2, 0.25) is 5.02 Å². The molecule has 3 aromatic carbocycles. The predicted octanol–water partition coefficient (Wildman–Crippen LogP) is 6.26. The van der Waals surface area contributed by atoms with Crippen molar-refractivity contribution in [2.24, 2.45) is 0 Å². The number of rotatable bonds is 5. The van der Waals surface area contributed by atoms with Crippen molar-refractivity contribution in [1.29, 1.82) is 0 Å². The molecule has 8 heteroatoms. The third-order valence-electron chi connectivity index (χ3n) is 5.55. The van der Waals surface area contributed by atoms with Crippen molar-refractivity contribution in [2.75, 3.05) is 10.6 Å². The lowest BCUT2D eigenvalue weighted by atomic mass is 10.1. The number of furan rings is 1. The lowest BCUT2D eigenvalue weighted by Gasteiger charge is -2.08. The quantitative estimate of drug-likeness (QED) is 0.305. The number of carbonyl (C=O) groups excluding carboxylic acids is 2. The Labute approximate surface area is 204 Å². The summed E-state index contributed by atoms with van der Waals surface area (Å²) in [5, 5.41) is 6.78. The molecule has 35 heavy (non-hydrogen) atoms. The Morgan fingerprint density at radius 2 is 1.63 bits per heavy atom. The third-order valence-corrected chi connectivity index (χ3v) is 5.78. The largest absolute Gasteiger partial charge is 0.451 e. The maximum atomic E-state index is 13.1. The number of halogens is 1. The van der Waals surface area contributed by atoms with E-state index in [0.717, 1.165) is 18.1 Å². The van der Waals surface area contributed by atoms with Crippen molar-refractivity contribution >= 4 is 56.7 Å². The Hall–Kier alpha value is -4.36. The van der Waals surface area contributed by atoms with Crippen LogP contribution >= 0.6 is 11.6 Å². The molecule has 0 fully saturated rings. The zero-order valence-corrected chi connectivity index (χ0v) is 19.3. The summed E-state index contributed by atoms with van der Waals surface area (Å²) in [6.45, 7) is 1.99. The van der Waals surface area contributed by atoms with Gasteiger partial charge in [-0.2, -0.15) is 0 Å². The topological polar surface area (TPSA) is 102 Å². The second-order valence-electron chi connectivity index (χ2n) is 7.88. The highest BCUT2D eigenvalue weighted by molar-refractivity contribution is 6.31. The van der Waals surface area contributed by atoms with Gasteiger partial charge in [0.25, 0.3) is 11.8 Å². The van der Waals surface area contributed by atoms with E-state index in [1.165, 1.54) is 0 Å². The summed E-state index contributed by atoms with van der Waals surface area (Å²) in [5.74, 6) is -1.55. The number of nitrogens with one attached hydrogen (secondary N) is 2. The van der Waals surface area contributed by atoms with Crippen LogP contribution in [0.4, 0.5) is 11.4 Å². The number of para-hydroxylation sites is 1. The summed E-state index contributed by atoms with van der Waals surface area (Å²) < 4.78 is 11.5. The van der Waals surface area contributed by atoms with E-state index in [0.29, 0.717) is 32.6 Å². The average Bonchev–Trinajstić information content (AvgIpc) is 3.22. The third kappa shape index (κ3) is 4.41. The fourth-order valence-electron chi connectivity index (χ4n) is 3.79. The van der Waals surface area contributed by atoms with E-state index >= 15 is 0 Å². The molecule has 0 radical (unpaired) electrons. The first-order valence-corrected chi connectivity index (χ1v) is 11.3. The van der Waals surface area contributed by atoms with Crippen LogP contribution in [0, 0.1) is 0 Å². The summed E-state index contributed by atoms with van der Waals surface area (Å²) in [6, 6.07) is 20.0. The van der Waals surface area contributed by atoms with E-state index in [4.69, 9.17) is 20.4 Å². The second-order valence-corrected chi connectivity index (χ2v) is 8.32. The van der Waals surface area contributed by atoms with Crippen LogP contribution in [0.1, 0.15) is 33.6 Å². The summed E-state index contributed by atoms with van der Waals surface area (Å²) >= 11 is 6.01. The van der Waals surface area contributed by atoms with Crippen molar-refractivity contribution in [3.63, 3.8) is 0 Å². The molecule has 2 N–H and O–H groups in total. The minimum absolute atomic E-state index is 0.102. The molecule has 0 atom stereocenters. The average molecular weight is 487 g/mol. The van der Waals surface area contributed by atoms with Gasteiger partial charge in [-0.05, 0) is 54.4 Å². The maximum absolute atomic E-state index is 13.1. The SMILES string of the molecule is CCc1ccc2oc(C(=O)Nc3c(C(=O)Nc4cccc(Cl)c4)oc4ccccc34)cc(=O)c2c1. The van der Waals surface area contributed by atoms with Gasteiger partial charge in [0.15, 0.2) is 11.2 Å². The minimum Gasteiger partial charge on any atom is -0.451 e. The molecular weight excluding hydrogens is 468 g/mol. The summed E-state index contributed by atoms with van der Waals surface area (Å²) in [5.41, 5.74) is 1.99. The van der Waals surface area contributed by atoms with Crippen LogP contribution in [-0.2, 0) is 6.42 Å². The zero-order valence-electron chi connectivity index (χ0n) is 18.6. The van der Waals surface area contributed by atoms with Crippen LogP contribution in [0.15, 0.2) is 86.4 Å². The molecule has 174 valence electrons. The molecule has 0 aliphatic rings. The fraction of sp³-hybridized carbons (Fsp3) is 0.0741. The molecule has 0 aliphatic heterocycles. The molecule has 2 amide bonds. The first kappa shape index (κ1) is 22.4. The molecule has 7 nitrogen and oxygen atoms in total. The van der Waals surface area contributed by atoms with Crippen LogP contribution in [0.3, 0.4) is 0 Å². The van der Waals surface area contributed by atoms with Gasteiger partial charge in [0.2, 0.25) is 5.76 Å². The number of fused-ring (bicyclic) bond motifs is 2. The number of aryl methyl sites for hydroxylation is 1. The fourth-order valence-corrected chi connectivity index (χ4v) is 3.98. The number of anilines is 2. The smallest absolute Gasteiger partial charge is 0.293 e. The van der Waals surface area contributed by atoms with Crippen molar-refractivity contribution in [3.05, 3.63) is 105 Å². The molecule has 0 spiro atoms. The first-order chi connectivity index (χ1) is 16.9.